The topological polar surface area (TPSA) is 20.2 Å². The van der Waals surface area contributed by atoms with Gasteiger partial charge in [-0.25, -0.2) is 0 Å². The minimum atomic E-state index is -0.123. The van der Waals surface area contributed by atoms with Crippen LogP contribution in [-0.2, 0) is 0 Å². The lowest BCUT2D eigenvalue weighted by Gasteiger charge is -2.07. The second kappa shape index (κ2) is 9.53. The van der Waals surface area contributed by atoms with Gasteiger partial charge in [-0.15, -0.1) is 13.2 Å². The maximum absolute atomic E-state index is 9.47. The van der Waals surface area contributed by atoms with Crippen LogP contribution >= 0.6 is 0 Å². The number of hydrogen-bond acceptors (Lipinski definition) is 1. The summed E-state index contributed by atoms with van der Waals surface area (Å²) in [7, 11) is 0. The summed E-state index contributed by atoms with van der Waals surface area (Å²) in [6.45, 7) is 7.30. The van der Waals surface area contributed by atoms with Crippen LogP contribution in [0.1, 0.15) is 44.9 Å². The van der Waals surface area contributed by atoms with Crippen LogP contribution in [0.25, 0.3) is 0 Å². The standard InChI is InChI=1S/C12H22O/c1-3-5-7-8-9-11-12(13)10-6-4-2/h3-4,12-13H,1-2,5-11H2/t12-/m1/s1. The SMILES string of the molecule is C=CCCCCC[C@H](O)CCC=C. The van der Waals surface area contributed by atoms with Crippen molar-refractivity contribution in [3.8, 4) is 0 Å². The van der Waals surface area contributed by atoms with E-state index < -0.39 is 0 Å². The van der Waals surface area contributed by atoms with E-state index in [9.17, 15) is 5.11 Å². The number of unbranched alkanes of at least 4 members (excludes halogenated alkanes) is 3. The molecule has 0 bridgehead atoms. The first kappa shape index (κ1) is 12.4. The summed E-state index contributed by atoms with van der Waals surface area (Å²) in [6, 6.07) is 0. The first-order valence-electron chi connectivity index (χ1n) is 5.21. The summed E-state index contributed by atoms with van der Waals surface area (Å²) in [4.78, 5) is 0. The van der Waals surface area contributed by atoms with Crippen LogP contribution in [0.2, 0.25) is 0 Å². The molecule has 0 radical (unpaired) electrons. The largest absolute Gasteiger partial charge is 0.393 e. The minimum absolute atomic E-state index is 0.123. The Bertz CT molecular complexity index is 129. The Morgan fingerprint density at radius 2 is 1.62 bits per heavy atom. The lowest BCUT2D eigenvalue weighted by atomic mass is 10.1. The van der Waals surface area contributed by atoms with Gasteiger partial charge in [0.15, 0.2) is 0 Å². The summed E-state index contributed by atoms with van der Waals surface area (Å²) in [5.41, 5.74) is 0. The minimum Gasteiger partial charge on any atom is -0.393 e. The predicted molar refractivity (Wildman–Crippen MR) is 58.7 cm³/mol. The summed E-state index contributed by atoms with van der Waals surface area (Å²) < 4.78 is 0. The predicted octanol–water partition coefficient (Wildman–Crippen LogP) is 3.45. The Balaban J connectivity index is 3.11. The van der Waals surface area contributed by atoms with Gasteiger partial charge in [0, 0.05) is 0 Å². The van der Waals surface area contributed by atoms with Crippen molar-refractivity contribution in [2.24, 2.45) is 0 Å². The average molecular weight is 182 g/mol. The molecule has 0 fully saturated rings. The Morgan fingerprint density at radius 1 is 0.923 bits per heavy atom. The highest BCUT2D eigenvalue weighted by atomic mass is 16.3. The first-order valence-corrected chi connectivity index (χ1v) is 5.21. The molecule has 0 aliphatic heterocycles. The third-order valence-electron chi connectivity index (χ3n) is 2.15. The molecule has 1 N–H and O–H groups in total. The molecule has 1 heteroatoms. The molecule has 0 aromatic rings. The van der Waals surface area contributed by atoms with Crippen LogP contribution in [-0.4, -0.2) is 11.2 Å². The third-order valence-corrected chi connectivity index (χ3v) is 2.15. The maximum Gasteiger partial charge on any atom is 0.0543 e. The van der Waals surface area contributed by atoms with E-state index in [2.05, 4.69) is 13.2 Å². The molecule has 0 saturated heterocycles. The number of allylic oxidation sites excluding steroid dienone is 2. The van der Waals surface area contributed by atoms with Gasteiger partial charge in [-0.05, 0) is 32.1 Å². The van der Waals surface area contributed by atoms with Crippen molar-refractivity contribution in [1.82, 2.24) is 0 Å². The third kappa shape index (κ3) is 9.35. The molecule has 0 spiro atoms. The average Bonchev–Trinajstić information content (AvgIpc) is 2.14. The monoisotopic (exact) mass is 182 g/mol. The number of aliphatic hydroxyl groups excluding tert-OH is 1. The van der Waals surface area contributed by atoms with E-state index >= 15 is 0 Å². The second-order valence-electron chi connectivity index (χ2n) is 3.45. The van der Waals surface area contributed by atoms with Gasteiger partial charge in [-0.1, -0.05) is 25.0 Å². The van der Waals surface area contributed by atoms with E-state index in [1.807, 2.05) is 12.2 Å². The van der Waals surface area contributed by atoms with Gasteiger partial charge in [-0.2, -0.15) is 0 Å². The molecule has 0 aromatic heterocycles. The van der Waals surface area contributed by atoms with Gasteiger partial charge in [0.2, 0.25) is 0 Å². The highest BCUT2D eigenvalue weighted by molar-refractivity contribution is 4.69. The zero-order valence-electron chi connectivity index (χ0n) is 8.54. The van der Waals surface area contributed by atoms with Crippen molar-refractivity contribution in [1.29, 1.82) is 0 Å². The van der Waals surface area contributed by atoms with Crippen LogP contribution < -0.4 is 0 Å². The number of rotatable bonds is 9. The molecule has 0 saturated carbocycles. The normalized spacial score (nSPS) is 12.4. The van der Waals surface area contributed by atoms with Crippen LogP contribution in [0.4, 0.5) is 0 Å². The van der Waals surface area contributed by atoms with E-state index in [-0.39, 0.29) is 6.10 Å². The van der Waals surface area contributed by atoms with Crippen molar-refractivity contribution >= 4 is 0 Å². The van der Waals surface area contributed by atoms with Crippen LogP contribution in [0.3, 0.4) is 0 Å². The van der Waals surface area contributed by atoms with Gasteiger partial charge in [-0.3, -0.25) is 0 Å². The Morgan fingerprint density at radius 3 is 2.23 bits per heavy atom. The molecular formula is C12H22O. The van der Waals surface area contributed by atoms with E-state index in [0.717, 1.165) is 32.1 Å². The van der Waals surface area contributed by atoms with E-state index in [4.69, 9.17) is 0 Å². The van der Waals surface area contributed by atoms with Crippen molar-refractivity contribution < 1.29 is 5.11 Å². The molecule has 0 unspecified atom stereocenters. The summed E-state index contributed by atoms with van der Waals surface area (Å²) in [5, 5.41) is 9.47. The fraction of sp³-hybridized carbons (Fsp3) is 0.667. The molecule has 0 rings (SSSR count). The molecule has 0 aliphatic rings. The Labute approximate surface area is 82.2 Å². The van der Waals surface area contributed by atoms with Crippen molar-refractivity contribution in [2.45, 2.75) is 51.0 Å². The van der Waals surface area contributed by atoms with Crippen LogP contribution in [0, 0.1) is 0 Å². The fourth-order valence-electron chi connectivity index (χ4n) is 1.30. The van der Waals surface area contributed by atoms with E-state index in [1.54, 1.807) is 0 Å². The zero-order valence-corrected chi connectivity index (χ0v) is 8.54. The van der Waals surface area contributed by atoms with Gasteiger partial charge in [0.25, 0.3) is 0 Å². The second-order valence-corrected chi connectivity index (χ2v) is 3.45. The molecular weight excluding hydrogens is 160 g/mol. The molecule has 0 amide bonds. The quantitative estimate of drug-likeness (QED) is 0.428. The first-order chi connectivity index (χ1) is 6.31. The molecule has 0 aliphatic carbocycles. The van der Waals surface area contributed by atoms with Crippen molar-refractivity contribution in [2.75, 3.05) is 0 Å². The smallest absolute Gasteiger partial charge is 0.0543 e. The van der Waals surface area contributed by atoms with Gasteiger partial charge >= 0.3 is 0 Å². The number of aliphatic hydroxyl groups is 1. The Kier molecular flexibility index (Phi) is 9.12. The Hall–Kier alpha value is -0.560. The molecule has 13 heavy (non-hydrogen) atoms. The maximum atomic E-state index is 9.47. The molecule has 0 aromatic carbocycles. The summed E-state index contributed by atoms with van der Waals surface area (Å²) >= 11 is 0. The van der Waals surface area contributed by atoms with Gasteiger partial charge in [0.05, 0.1) is 6.10 Å². The molecule has 76 valence electrons. The van der Waals surface area contributed by atoms with Gasteiger partial charge in [0.1, 0.15) is 0 Å². The highest BCUT2D eigenvalue weighted by Crippen LogP contribution is 2.09. The van der Waals surface area contributed by atoms with E-state index in [1.165, 1.54) is 12.8 Å². The zero-order chi connectivity index (χ0) is 9.94. The van der Waals surface area contributed by atoms with Crippen molar-refractivity contribution in [3.63, 3.8) is 0 Å². The van der Waals surface area contributed by atoms with E-state index in [0.29, 0.717) is 0 Å². The molecule has 1 atom stereocenters. The lowest BCUT2D eigenvalue weighted by Crippen LogP contribution is -2.05. The molecule has 1 nitrogen and oxygen atoms in total. The van der Waals surface area contributed by atoms with Crippen LogP contribution in [0.15, 0.2) is 25.3 Å². The molecule has 0 heterocycles. The van der Waals surface area contributed by atoms with Crippen LogP contribution in [0.5, 0.6) is 0 Å². The highest BCUT2D eigenvalue weighted by Gasteiger charge is 2.01. The van der Waals surface area contributed by atoms with Gasteiger partial charge < -0.3 is 5.11 Å². The summed E-state index contributed by atoms with van der Waals surface area (Å²) in [6.07, 6.45) is 11.1. The number of hydrogen-bond donors (Lipinski definition) is 1. The lowest BCUT2D eigenvalue weighted by molar-refractivity contribution is 0.152. The fourth-order valence-corrected chi connectivity index (χ4v) is 1.30. The summed E-state index contributed by atoms with van der Waals surface area (Å²) in [5.74, 6) is 0. The van der Waals surface area contributed by atoms with Crippen molar-refractivity contribution in [3.05, 3.63) is 25.3 Å².